The van der Waals surface area contributed by atoms with Gasteiger partial charge in [0.05, 0.1) is 10.9 Å². The van der Waals surface area contributed by atoms with Crippen molar-refractivity contribution in [1.82, 2.24) is 0 Å². The third kappa shape index (κ3) is 4.77. The predicted octanol–water partition coefficient (Wildman–Crippen LogP) is 6.11. The molecular formula is C25H26O4. The zero-order chi connectivity index (χ0) is 21.0. The van der Waals surface area contributed by atoms with Gasteiger partial charge in [-0.2, -0.15) is 0 Å². The molecule has 29 heavy (non-hydrogen) atoms. The molecule has 0 unspecified atom stereocenters. The fourth-order valence-electron chi connectivity index (χ4n) is 3.25. The number of phenolic OH excluding ortho intramolecular Hbond substituents is 2. The van der Waals surface area contributed by atoms with Gasteiger partial charge in [-0.05, 0) is 69.9 Å². The second kappa shape index (κ2) is 8.82. The molecule has 0 saturated carbocycles. The van der Waals surface area contributed by atoms with Crippen LogP contribution in [0.4, 0.5) is 0 Å². The highest BCUT2D eigenvalue weighted by Crippen LogP contribution is 2.29. The van der Waals surface area contributed by atoms with E-state index in [4.69, 9.17) is 4.42 Å². The molecule has 0 aliphatic heterocycles. The van der Waals surface area contributed by atoms with Crippen LogP contribution >= 0.6 is 0 Å². The summed E-state index contributed by atoms with van der Waals surface area (Å²) < 4.78 is 5.80. The van der Waals surface area contributed by atoms with E-state index in [0.29, 0.717) is 34.1 Å². The minimum atomic E-state index is -0.164. The highest BCUT2D eigenvalue weighted by atomic mass is 16.3. The van der Waals surface area contributed by atoms with Crippen LogP contribution in [0, 0.1) is 0 Å². The quantitative estimate of drug-likeness (QED) is 0.498. The Hall–Kier alpha value is -3.27. The average molecular weight is 390 g/mol. The summed E-state index contributed by atoms with van der Waals surface area (Å²) in [4.78, 5) is 13.0. The summed E-state index contributed by atoms with van der Waals surface area (Å²) in [5.41, 5.74) is 4.47. The number of rotatable bonds is 6. The maximum absolute atomic E-state index is 13.0. The van der Waals surface area contributed by atoms with Crippen molar-refractivity contribution in [1.29, 1.82) is 0 Å². The van der Waals surface area contributed by atoms with Gasteiger partial charge in [-0.3, -0.25) is 4.79 Å². The molecule has 0 saturated heterocycles. The summed E-state index contributed by atoms with van der Waals surface area (Å²) in [6, 6.07) is 9.55. The first-order valence-electron chi connectivity index (χ1n) is 9.71. The van der Waals surface area contributed by atoms with Crippen LogP contribution in [0.15, 0.2) is 75.2 Å². The molecule has 0 bridgehead atoms. The molecule has 0 aliphatic rings. The molecule has 0 radical (unpaired) electrons. The van der Waals surface area contributed by atoms with Crippen LogP contribution in [0.3, 0.4) is 0 Å². The summed E-state index contributed by atoms with van der Waals surface area (Å²) >= 11 is 0. The third-order valence-corrected chi connectivity index (χ3v) is 4.94. The van der Waals surface area contributed by atoms with Gasteiger partial charge in [-0.25, -0.2) is 0 Å². The molecule has 3 rings (SSSR count). The SMILES string of the molecule is CC(C)=CCC/C(C)=C\Cc1c(O)ccc2c(=O)c(-c3ccc(O)cc3)coc12. The number of hydrogen-bond donors (Lipinski definition) is 2. The molecule has 4 heteroatoms. The molecule has 4 nitrogen and oxygen atoms in total. The molecule has 0 atom stereocenters. The lowest BCUT2D eigenvalue weighted by Gasteiger charge is -2.09. The van der Waals surface area contributed by atoms with Gasteiger partial charge in [0.25, 0.3) is 0 Å². The van der Waals surface area contributed by atoms with E-state index in [9.17, 15) is 15.0 Å². The van der Waals surface area contributed by atoms with Gasteiger partial charge in [-0.1, -0.05) is 35.4 Å². The smallest absolute Gasteiger partial charge is 0.200 e. The Labute approximate surface area is 170 Å². The summed E-state index contributed by atoms with van der Waals surface area (Å²) in [6.45, 7) is 6.24. The lowest BCUT2D eigenvalue weighted by molar-refractivity contribution is 0.468. The summed E-state index contributed by atoms with van der Waals surface area (Å²) in [7, 11) is 0. The van der Waals surface area contributed by atoms with Crippen molar-refractivity contribution in [3.05, 3.63) is 81.7 Å². The largest absolute Gasteiger partial charge is 0.508 e. The predicted molar refractivity (Wildman–Crippen MR) is 117 cm³/mol. The van der Waals surface area contributed by atoms with Crippen LogP contribution in [0.5, 0.6) is 11.5 Å². The summed E-state index contributed by atoms with van der Waals surface area (Å²) in [6.07, 6.45) is 8.12. The van der Waals surface area contributed by atoms with E-state index in [0.717, 1.165) is 12.8 Å². The maximum atomic E-state index is 13.0. The Morgan fingerprint density at radius 3 is 2.41 bits per heavy atom. The van der Waals surface area contributed by atoms with E-state index in [1.807, 2.05) is 0 Å². The van der Waals surface area contributed by atoms with Crippen molar-refractivity contribution < 1.29 is 14.6 Å². The molecule has 150 valence electrons. The first-order valence-corrected chi connectivity index (χ1v) is 9.71. The molecule has 2 N–H and O–H groups in total. The minimum Gasteiger partial charge on any atom is -0.508 e. The fourth-order valence-corrected chi connectivity index (χ4v) is 3.25. The van der Waals surface area contributed by atoms with Crippen molar-refractivity contribution in [2.24, 2.45) is 0 Å². The van der Waals surface area contributed by atoms with Gasteiger partial charge < -0.3 is 14.6 Å². The Kier molecular flexibility index (Phi) is 6.23. The highest BCUT2D eigenvalue weighted by molar-refractivity contribution is 5.85. The van der Waals surface area contributed by atoms with Gasteiger partial charge >= 0.3 is 0 Å². The van der Waals surface area contributed by atoms with Crippen molar-refractivity contribution in [2.45, 2.75) is 40.0 Å². The Morgan fingerprint density at radius 1 is 1.00 bits per heavy atom. The van der Waals surface area contributed by atoms with Crippen LogP contribution in [-0.4, -0.2) is 10.2 Å². The van der Waals surface area contributed by atoms with Crippen LogP contribution < -0.4 is 5.43 Å². The monoisotopic (exact) mass is 390 g/mol. The molecule has 3 aromatic rings. The first kappa shape index (κ1) is 20.5. The zero-order valence-electron chi connectivity index (χ0n) is 17.0. The molecule has 0 spiro atoms. The fraction of sp³-hybridized carbons (Fsp3) is 0.240. The van der Waals surface area contributed by atoms with Crippen LogP contribution in [-0.2, 0) is 6.42 Å². The third-order valence-electron chi connectivity index (χ3n) is 4.94. The molecular weight excluding hydrogens is 364 g/mol. The van der Waals surface area contributed by atoms with Crippen LogP contribution in [0.1, 0.15) is 39.2 Å². The average Bonchev–Trinajstić information content (AvgIpc) is 2.68. The number of phenols is 2. The van der Waals surface area contributed by atoms with E-state index < -0.39 is 0 Å². The van der Waals surface area contributed by atoms with Gasteiger partial charge in [0, 0.05) is 5.56 Å². The molecule has 0 amide bonds. The Morgan fingerprint density at radius 2 is 1.72 bits per heavy atom. The van der Waals surface area contributed by atoms with E-state index in [1.165, 1.54) is 29.5 Å². The zero-order valence-corrected chi connectivity index (χ0v) is 17.0. The number of aromatic hydroxyl groups is 2. The molecule has 1 heterocycles. The first-order chi connectivity index (χ1) is 13.9. The summed E-state index contributed by atoms with van der Waals surface area (Å²) in [5, 5.41) is 20.2. The lowest BCUT2D eigenvalue weighted by Crippen LogP contribution is -2.06. The van der Waals surface area contributed by atoms with Crippen molar-refractivity contribution >= 4 is 11.0 Å². The minimum absolute atomic E-state index is 0.117. The maximum Gasteiger partial charge on any atom is 0.200 e. The molecule has 1 aromatic heterocycles. The highest BCUT2D eigenvalue weighted by Gasteiger charge is 2.14. The second-order valence-corrected chi connectivity index (χ2v) is 7.54. The Bertz CT molecular complexity index is 1130. The molecule has 0 fully saturated rings. The van der Waals surface area contributed by atoms with Crippen molar-refractivity contribution in [2.75, 3.05) is 0 Å². The topological polar surface area (TPSA) is 70.7 Å². The van der Waals surface area contributed by atoms with Gasteiger partial charge in [0.1, 0.15) is 23.3 Å². The normalized spacial score (nSPS) is 11.6. The van der Waals surface area contributed by atoms with Gasteiger partial charge in [0.15, 0.2) is 0 Å². The van der Waals surface area contributed by atoms with Gasteiger partial charge in [-0.15, -0.1) is 0 Å². The number of hydrogen-bond acceptors (Lipinski definition) is 4. The van der Waals surface area contributed by atoms with Crippen LogP contribution in [0.25, 0.3) is 22.1 Å². The number of fused-ring (bicyclic) bond motifs is 1. The second-order valence-electron chi connectivity index (χ2n) is 7.54. The standard InChI is InChI=1S/C25H26O4/c1-16(2)5-4-6-17(3)7-12-20-23(27)14-13-21-24(28)22(15-29-25(20)21)18-8-10-19(26)11-9-18/h5,7-11,13-15,26-27H,4,6,12H2,1-3H3/b17-7-. The van der Waals surface area contributed by atoms with E-state index in [-0.39, 0.29) is 16.9 Å². The van der Waals surface area contributed by atoms with Crippen molar-refractivity contribution in [3.63, 3.8) is 0 Å². The Balaban J connectivity index is 1.95. The number of benzene rings is 2. The van der Waals surface area contributed by atoms with Crippen molar-refractivity contribution in [3.8, 4) is 22.6 Å². The number of allylic oxidation sites excluding steroid dienone is 4. The van der Waals surface area contributed by atoms with Crippen LogP contribution in [0.2, 0.25) is 0 Å². The van der Waals surface area contributed by atoms with Gasteiger partial charge in [0.2, 0.25) is 5.43 Å². The van der Waals surface area contributed by atoms with E-state index >= 15 is 0 Å². The summed E-state index contributed by atoms with van der Waals surface area (Å²) in [5.74, 6) is 0.254. The molecule has 0 aliphatic carbocycles. The molecule has 2 aromatic carbocycles. The lowest BCUT2D eigenvalue weighted by atomic mass is 10.0. The van der Waals surface area contributed by atoms with E-state index in [2.05, 4.69) is 32.9 Å². The van der Waals surface area contributed by atoms with E-state index in [1.54, 1.807) is 24.3 Å².